The van der Waals surface area contributed by atoms with Gasteiger partial charge in [0.25, 0.3) is 0 Å². The first-order chi connectivity index (χ1) is 16.1. The first kappa shape index (κ1) is 24.4. The minimum atomic E-state index is -0.902. The van der Waals surface area contributed by atoms with Gasteiger partial charge in [-0.25, -0.2) is 0 Å². The van der Waals surface area contributed by atoms with Crippen LogP contribution in [0.3, 0.4) is 0 Å². The highest BCUT2D eigenvalue weighted by Crippen LogP contribution is 2.68. The highest BCUT2D eigenvalue weighted by molar-refractivity contribution is 5.83. The van der Waals surface area contributed by atoms with Crippen LogP contribution in [0.5, 0.6) is 0 Å². The van der Waals surface area contributed by atoms with Crippen molar-refractivity contribution in [3.8, 4) is 0 Å². The SMILES string of the molecule is C[C@H]([C@@H](O)[C@H](O)c1ccccc1)[C@H]1CC[C@H]2[C@@H]3CC(=O)C4C[C@H](O)[C@H](O)C[C@]4(C)[C@H]3CC[C@]12C. The average Bonchev–Trinajstić information content (AvgIpc) is 3.17. The summed E-state index contributed by atoms with van der Waals surface area (Å²) in [6.45, 7) is 6.64. The third kappa shape index (κ3) is 3.61. The lowest BCUT2D eigenvalue weighted by Crippen LogP contribution is -2.59. The van der Waals surface area contributed by atoms with Gasteiger partial charge in [0.05, 0.1) is 18.3 Å². The highest BCUT2D eigenvalue weighted by Gasteiger charge is 2.63. The number of hydrogen-bond acceptors (Lipinski definition) is 5. The smallest absolute Gasteiger partial charge is 0.136 e. The zero-order chi connectivity index (χ0) is 24.4. The number of aliphatic hydroxyl groups is 4. The van der Waals surface area contributed by atoms with E-state index in [1.165, 1.54) is 0 Å². The van der Waals surface area contributed by atoms with Gasteiger partial charge in [-0.3, -0.25) is 4.79 Å². The molecule has 5 rings (SSSR count). The van der Waals surface area contributed by atoms with Gasteiger partial charge in [0.1, 0.15) is 11.9 Å². The Morgan fingerprint density at radius 3 is 2.32 bits per heavy atom. The summed E-state index contributed by atoms with van der Waals surface area (Å²) < 4.78 is 0. The number of Topliss-reactive ketones (excluding diaryl/α,β-unsaturated/α-hetero) is 1. The van der Waals surface area contributed by atoms with Gasteiger partial charge in [0.15, 0.2) is 0 Å². The van der Waals surface area contributed by atoms with E-state index in [0.29, 0.717) is 42.9 Å². The lowest BCUT2D eigenvalue weighted by atomic mass is 9.44. The molecule has 0 saturated heterocycles. The van der Waals surface area contributed by atoms with E-state index in [2.05, 4.69) is 20.8 Å². The Morgan fingerprint density at radius 1 is 0.941 bits per heavy atom. The van der Waals surface area contributed by atoms with Crippen molar-refractivity contribution in [3.63, 3.8) is 0 Å². The predicted molar refractivity (Wildman–Crippen MR) is 130 cm³/mol. The second-order valence-corrected chi connectivity index (χ2v) is 12.6. The molecule has 0 spiro atoms. The number of carbonyl (C=O) groups excluding carboxylic acids is 1. The fourth-order valence-corrected chi connectivity index (χ4v) is 9.35. The highest BCUT2D eigenvalue weighted by atomic mass is 16.3. The van der Waals surface area contributed by atoms with Gasteiger partial charge in [-0.1, -0.05) is 51.1 Å². The van der Waals surface area contributed by atoms with Crippen molar-refractivity contribution in [1.82, 2.24) is 0 Å². The molecule has 1 aromatic carbocycles. The summed E-state index contributed by atoms with van der Waals surface area (Å²) in [4.78, 5) is 13.3. The molecule has 5 nitrogen and oxygen atoms in total. The third-order valence-electron chi connectivity index (χ3n) is 11.2. The van der Waals surface area contributed by atoms with Crippen molar-refractivity contribution in [2.75, 3.05) is 0 Å². The summed E-state index contributed by atoms with van der Waals surface area (Å²) in [6.07, 6.45) is 2.38. The fourth-order valence-electron chi connectivity index (χ4n) is 9.35. The Kier molecular flexibility index (Phi) is 6.24. The maximum absolute atomic E-state index is 13.3. The molecule has 0 aliphatic heterocycles. The quantitative estimate of drug-likeness (QED) is 0.535. The molecule has 0 bridgehead atoms. The maximum Gasteiger partial charge on any atom is 0.136 e. The maximum atomic E-state index is 13.3. The molecule has 0 amide bonds. The number of aliphatic hydroxyl groups excluding tert-OH is 4. The summed E-state index contributed by atoms with van der Waals surface area (Å²) in [5.41, 5.74) is 0.543. The van der Waals surface area contributed by atoms with Crippen molar-refractivity contribution in [3.05, 3.63) is 35.9 Å². The molecule has 4 fully saturated rings. The van der Waals surface area contributed by atoms with Crippen molar-refractivity contribution < 1.29 is 25.2 Å². The summed E-state index contributed by atoms with van der Waals surface area (Å²) in [7, 11) is 0. The standard InChI is InChI=1S/C29H42O5/c1-16(26(33)27(34)17-7-5-4-6-8-17)19-9-10-20-18-13-23(30)22-14-24(31)25(32)15-29(22,3)21(18)11-12-28(19,20)2/h4-8,16,18-22,24-27,31-34H,9-15H2,1-3H3/t16-,18-,19+,20-,21-,22?,24-,25+,26+,27+,28+,29+/m0/s1. The molecule has 0 aromatic heterocycles. The first-order valence-electron chi connectivity index (χ1n) is 13.4. The van der Waals surface area contributed by atoms with Gasteiger partial charge < -0.3 is 20.4 Å². The summed E-state index contributed by atoms with van der Waals surface area (Å²) in [5.74, 6) is 1.51. The molecule has 188 valence electrons. The second-order valence-electron chi connectivity index (χ2n) is 12.6. The summed E-state index contributed by atoms with van der Waals surface area (Å²) >= 11 is 0. The molecular formula is C29H42O5. The summed E-state index contributed by atoms with van der Waals surface area (Å²) in [5, 5.41) is 42.8. The first-order valence-corrected chi connectivity index (χ1v) is 13.4. The Labute approximate surface area is 203 Å². The molecule has 4 aliphatic rings. The Bertz CT molecular complexity index is 903. The molecule has 1 unspecified atom stereocenters. The van der Waals surface area contributed by atoms with E-state index >= 15 is 0 Å². The van der Waals surface area contributed by atoms with Crippen molar-refractivity contribution in [2.45, 2.75) is 90.1 Å². The van der Waals surface area contributed by atoms with E-state index in [0.717, 1.165) is 31.2 Å². The minimum absolute atomic E-state index is 0.0360. The number of hydrogen-bond donors (Lipinski definition) is 4. The van der Waals surface area contributed by atoms with E-state index < -0.39 is 24.4 Å². The van der Waals surface area contributed by atoms with E-state index in [4.69, 9.17) is 0 Å². The normalized spacial score (nSPS) is 46.7. The molecule has 4 aliphatic carbocycles. The average molecular weight is 471 g/mol. The molecule has 34 heavy (non-hydrogen) atoms. The number of rotatable bonds is 4. The number of ketones is 1. The molecule has 0 heterocycles. The Morgan fingerprint density at radius 2 is 1.62 bits per heavy atom. The van der Waals surface area contributed by atoms with Crippen molar-refractivity contribution in [1.29, 1.82) is 0 Å². The van der Waals surface area contributed by atoms with Gasteiger partial charge in [-0.2, -0.15) is 0 Å². The van der Waals surface area contributed by atoms with Crippen LogP contribution >= 0.6 is 0 Å². The van der Waals surface area contributed by atoms with Crippen molar-refractivity contribution >= 4 is 5.78 Å². The number of benzene rings is 1. The molecule has 0 radical (unpaired) electrons. The predicted octanol–water partition coefficient (Wildman–Crippen LogP) is 3.89. The van der Waals surface area contributed by atoms with E-state index in [1.807, 2.05) is 30.3 Å². The van der Waals surface area contributed by atoms with E-state index in [-0.39, 0.29) is 28.4 Å². The zero-order valence-electron chi connectivity index (χ0n) is 20.8. The van der Waals surface area contributed by atoms with Crippen LogP contribution in [0.4, 0.5) is 0 Å². The molecule has 4 saturated carbocycles. The Balaban J connectivity index is 1.37. The van der Waals surface area contributed by atoms with Crippen LogP contribution in [0.15, 0.2) is 30.3 Å². The topological polar surface area (TPSA) is 98.0 Å². The third-order valence-corrected chi connectivity index (χ3v) is 11.2. The fraction of sp³-hybridized carbons (Fsp3) is 0.759. The van der Waals surface area contributed by atoms with Crippen LogP contribution < -0.4 is 0 Å². The van der Waals surface area contributed by atoms with Crippen LogP contribution in [0.25, 0.3) is 0 Å². The van der Waals surface area contributed by atoms with Crippen LogP contribution in [-0.4, -0.2) is 44.5 Å². The van der Waals surface area contributed by atoms with E-state index in [1.54, 1.807) is 0 Å². The summed E-state index contributed by atoms with van der Waals surface area (Å²) in [6, 6.07) is 9.42. The minimum Gasteiger partial charge on any atom is -0.390 e. The number of carbonyl (C=O) groups is 1. The van der Waals surface area contributed by atoms with Gasteiger partial charge >= 0.3 is 0 Å². The lowest BCUT2D eigenvalue weighted by molar-refractivity contribution is -0.174. The number of fused-ring (bicyclic) bond motifs is 5. The van der Waals surface area contributed by atoms with Crippen LogP contribution in [0, 0.1) is 46.3 Å². The van der Waals surface area contributed by atoms with Crippen LogP contribution in [0.1, 0.15) is 77.4 Å². The lowest BCUT2D eigenvalue weighted by Gasteiger charge is -2.61. The van der Waals surface area contributed by atoms with Gasteiger partial charge in [0.2, 0.25) is 0 Å². The molecule has 1 aromatic rings. The molecule has 12 atom stereocenters. The second kappa shape index (κ2) is 8.69. The van der Waals surface area contributed by atoms with Crippen LogP contribution in [-0.2, 0) is 4.79 Å². The molecule has 4 N–H and O–H groups in total. The molecular weight excluding hydrogens is 428 g/mol. The Hall–Kier alpha value is -1.27. The van der Waals surface area contributed by atoms with Gasteiger partial charge in [0, 0.05) is 12.3 Å². The van der Waals surface area contributed by atoms with Gasteiger partial charge in [-0.15, -0.1) is 0 Å². The largest absolute Gasteiger partial charge is 0.390 e. The molecule has 5 heteroatoms. The monoisotopic (exact) mass is 470 g/mol. The van der Waals surface area contributed by atoms with E-state index in [9.17, 15) is 25.2 Å². The van der Waals surface area contributed by atoms with Gasteiger partial charge in [-0.05, 0) is 84.5 Å². The van der Waals surface area contributed by atoms with Crippen molar-refractivity contribution in [2.24, 2.45) is 46.3 Å². The van der Waals surface area contributed by atoms with Crippen LogP contribution in [0.2, 0.25) is 0 Å². The zero-order valence-corrected chi connectivity index (χ0v) is 20.8.